The molecule has 3 nitrogen and oxygen atoms in total. The highest BCUT2D eigenvalue weighted by Gasteiger charge is 2.36. The molecule has 0 aromatic heterocycles. The number of alkyl halides is 2. The van der Waals surface area contributed by atoms with Crippen LogP contribution in [0.5, 0.6) is 5.75 Å². The molecule has 160 valence electrons. The molecule has 7 heteroatoms. The van der Waals surface area contributed by atoms with Gasteiger partial charge < -0.3 is 9.84 Å². The molecule has 2 aromatic carbocycles. The van der Waals surface area contributed by atoms with E-state index in [1.807, 2.05) is 0 Å². The first kappa shape index (κ1) is 21.9. The molecule has 3 rings (SSSR count). The number of benzene rings is 2. The van der Waals surface area contributed by atoms with E-state index in [-0.39, 0.29) is 30.6 Å². The Bertz CT molecular complexity index is 982. The van der Waals surface area contributed by atoms with E-state index in [9.17, 15) is 22.4 Å². The second-order valence-electron chi connectivity index (χ2n) is 7.52. The molecule has 0 fully saturated rings. The molecule has 1 aliphatic rings. The van der Waals surface area contributed by atoms with Crippen molar-refractivity contribution in [3.63, 3.8) is 0 Å². The summed E-state index contributed by atoms with van der Waals surface area (Å²) in [5.74, 6) is -4.83. The number of hydrogen-bond acceptors (Lipinski definition) is 2. The predicted octanol–water partition coefficient (Wildman–Crippen LogP) is 5.94. The third kappa shape index (κ3) is 5.40. The molecule has 0 aliphatic heterocycles. The van der Waals surface area contributed by atoms with E-state index in [2.05, 4.69) is 0 Å². The van der Waals surface area contributed by atoms with Gasteiger partial charge in [0.25, 0.3) is 5.92 Å². The second-order valence-corrected chi connectivity index (χ2v) is 7.52. The van der Waals surface area contributed by atoms with Gasteiger partial charge in [0, 0.05) is 30.9 Å². The van der Waals surface area contributed by atoms with Gasteiger partial charge in [-0.25, -0.2) is 17.6 Å². The van der Waals surface area contributed by atoms with Gasteiger partial charge in [0.15, 0.2) is 0 Å². The number of carbonyl (C=O) groups is 1. The molecule has 2 aromatic rings. The Morgan fingerprint density at radius 2 is 1.93 bits per heavy atom. The zero-order valence-corrected chi connectivity index (χ0v) is 16.5. The minimum absolute atomic E-state index is 0.00814. The van der Waals surface area contributed by atoms with Gasteiger partial charge >= 0.3 is 5.97 Å². The van der Waals surface area contributed by atoms with Gasteiger partial charge in [-0.1, -0.05) is 12.1 Å². The van der Waals surface area contributed by atoms with Crippen LogP contribution in [0.2, 0.25) is 0 Å². The van der Waals surface area contributed by atoms with Crippen LogP contribution in [0.4, 0.5) is 17.6 Å². The van der Waals surface area contributed by atoms with E-state index in [1.54, 1.807) is 25.1 Å². The SMILES string of the molecule is Cc1cc(CCC(=O)O)ccc1OCC1=C(c2ccc(F)cc2F)CCC(F)(F)C1. The zero-order valence-electron chi connectivity index (χ0n) is 16.5. The van der Waals surface area contributed by atoms with E-state index in [0.717, 1.165) is 23.3 Å². The molecule has 30 heavy (non-hydrogen) atoms. The Kier molecular flexibility index (Phi) is 6.48. The van der Waals surface area contributed by atoms with Crippen LogP contribution in [-0.2, 0) is 11.2 Å². The number of ether oxygens (including phenoxy) is 1. The monoisotopic (exact) mass is 422 g/mol. The van der Waals surface area contributed by atoms with Crippen molar-refractivity contribution in [1.82, 2.24) is 0 Å². The molecule has 0 saturated heterocycles. The van der Waals surface area contributed by atoms with Crippen molar-refractivity contribution in [3.8, 4) is 5.75 Å². The molecule has 0 unspecified atom stereocenters. The maximum atomic E-state index is 14.3. The molecule has 1 aliphatic carbocycles. The lowest BCUT2D eigenvalue weighted by Gasteiger charge is -2.28. The fourth-order valence-corrected chi connectivity index (χ4v) is 3.63. The summed E-state index contributed by atoms with van der Waals surface area (Å²) in [6, 6.07) is 8.32. The number of carboxylic acid groups (broad SMARTS) is 1. The lowest BCUT2D eigenvalue weighted by Crippen LogP contribution is -2.24. The highest BCUT2D eigenvalue weighted by atomic mass is 19.3. The molecule has 0 radical (unpaired) electrons. The summed E-state index contributed by atoms with van der Waals surface area (Å²) in [6.45, 7) is 1.64. The topological polar surface area (TPSA) is 46.5 Å². The van der Waals surface area contributed by atoms with Crippen LogP contribution in [0.25, 0.3) is 5.57 Å². The summed E-state index contributed by atoms with van der Waals surface area (Å²) < 4.78 is 61.3. The highest BCUT2D eigenvalue weighted by molar-refractivity contribution is 5.70. The minimum Gasteiger partial charge on any atom is -0.489 e. The van der Waals surface area contributed by atoms with Crippen molar-refractivity contribution < 1.29 is 32.2 Å². The second kappa shape index (κ2) is 8.90. The number of halogens is 4. The summed E-state index contributed by atoms with van der Waals surface area (Å²) in [5, 5.41) is 8.78. The summed E-state index contributed by atoms with van der Waals surface area (Å²) in [5.41, 5.74) is 2.40. The standard InChI is InChI=1S/C23H22F4O3/c1-14-10-15(3-7-22(28)29)2-6-21(14)30-13-16-12-23(26,27)9-8-18(16)19-5-4-17(24)11-20(19)25/h2,4-6,10-11H,3,7-9,12-13H2,1H3,(H,28,29). The number of aliphatic carboxylic acids is 1. The van der Waals surface area contributed by atoms with Crippen molar-refractivity contribution >= 4 is 11.5 Å². The molecule has 0 atom stereocenters. The van der Waals surface area contributed by atoms with Crippen molar-refractivity contribution in [1.29, 1.82) is 0 Å². The van der Waals surface area contributed by atoms with Crippen molar-refractivity contribution in [2.45, 2.75) is 45.0 Å². The summed E-state index contributed by atoms with van der Waals surface area (Å²) in [7, 11) is 0. The smallest absolute Gasteiger partial charge is 0.303 e. The molecule has 0 bridgehead atoms. The Labute approximate surface area is 172 Å². The number of hydrogen-bond donors (Lipinski definition) is 1. The Morgan fingerprint density at radius 1 is 1.17 bits per heavy atom. The predicted molar refractivity (Wildman–Crippen MR) is 105 cm³/mol. The van der Waals surface area contributed by atoms with Crippen LogP contribution in [-0.4, -0.2) is 23.6 Å². The maximum Gasteiger partial charge on any atom is 0.303 e. The fraction of sp³-hybridized carbons (Fsp3) is 0.348. The third-order valence-electron chi connectivity index (χ3n) is 5.16. The zero-order chi connectivity index (χ0) is 21.9. The first-order valence-corrected chi connectivity index (χ1v) is 9.63. The van der Waals surface area contributed by atoms with E-state index >= 15 is 0 Å². The van der Waals surface area contributed by atoms with Gasteiger partial charge in [-0.3, -0.25) is 4.79 Å². The molecule has 0 spiro atoms. The Morgan fingerprint density at radius 3 is 2.60 bits per heavy atom. The van der Waals surface area contributed by atoms with E-state index < -0.39 is 36.4 Å². The van der Waals surface area contributed by atoms with Gasteiger partial charge in [-0.05, 0) is 60.2 Å². The largest absolute Gasteiger partial charge is 0.489 e. The van der Waals surface area contributed by atoms with Gasteiger partial charge in [0.05, 0.1) is 0 Å². The normalized spacial score (nSPS) is 15.9. The Balaban J connectivity index is 1.82. The van der Waals surface area contributed by atoms with E-state index in [1.165, 1.54) is 6.07 Å². The average Bonchev–Trinajstić information content (AvgIpc) is 2.66. The van der Waals surface area contributed by atoms with Gasteiger partial charge in [-0.2, -0.15) is 0 Å². The first-order chi connectivity index (χ1) is 14.1. The van der Waals surface area contributed by atoms with Crippen molar-refractivity contribution in [3.05, 3.63) is 70.3 Å². The van der Waals surface area contributed by atoms with E-state index in [4.69, 9.17) is 9.84 Å². The van der Waals surface area contributed by atoms with Crippen LogP contribution in [0, 0.1) is 18.6 Å². The molecule has 0 saturated carbocycles. The van der Waals surface area contributed by atoms with Crippen LogP contribution < -0.4 is 4.74 Å². The number of allylic oxidation sites excluding steroid dienone is 1. The van der Waals surface area contributed by atoms with Gasteiger partial charge in [0.2, 0.25) is 0 Å². The summed E-state index contributed by atoms with van der Waals surface area (Å²) >= 11 is 0. The third-order valence-corrected chi connectivity index (χ3v) is 5.16. The minimum atomic E-state index is -2.91. The highest BCUT2D eigenvalue weighted by Crippen LogP contribution is 2.41. The lowest BCUT2D eigenvalue weighted by molar-refractivity contribution is -0.136. The van der Waals surface area contributed by atoms with Crippen LogP contribution in [0.1, 0.15) is 42.4 Å². The van der Waals surface area contributed by atoms with Gasteiger partial charge in [-0.15, -0.1) is 0 Å². The number of rotatable bonds is 7. The van der Waals surface area contributed by atoms with Crippen LogP contribution >= 0.6 is 0 Å². The molecular weight excluding hydrogens is 400 g/mol. The maximum absolute atomic E-state index is 14.3. The molecular formula is C23H22F4O3. The van der Waals surface area contributed by atoms with Crippen molar-refractivity contribution in [2.75, 3.05) is 6.61 Å². The fourth-order valence-electron chi connectivity index (χ4n) is 3.63. The van der Waals surface area contributed by atoms with Crippen LogP contribution in [0.3, 0.4) is 0 Å². The Hall–Kier alpha value is -2.83. The van der Waals surface area contributed by atoms with Crippen molar-refractivity contribution in [2.24, 2.45) is 0 Å². The molecule has 0 heterocycles. The molecule has 1 N–H and O–H groups in total. The van der Waals surface area contributed by atoms with Gasteiger partial charge in [0.1, 0.15) is 24.0 Å². The van der Waals surface area contributed by atoms with E-state index in [0.29, 0.717) is 17.7 Å². The number of carboxylic acids is 1. The molecule has 0 amide bonds. The number of aryl methyl sites for hydroxylation is 2. The lowest BCUT2D eigenvalue weighted by atomic mass is 9.85. The first-order valence-electron chi connectivity index (χ1n) is 9.63. The van der Waals surface area contributed by atoms with Crippen LogP contribution in [0.15, 0.2) is 42.0 Å². The summed E-state index contributed by atoms with van der Waals surface area (Å²) in [4.78, 5) is 10.7. The quantitative estimate of drug-likeness (QED) is 0.562. The average molecular weight is 422 g/mol. The summed E-state index contributed by atoms with van der Waals surface area (Å²) in [6.07, 6.45) is -0.591.